The Morgan fingerprint density at radius 1 is 0.536 bits per heavy atom. The molecule has 0 aromatic heterocycles. The molecule has 1 heterocycles. The van der Waals surface area contributed by atoms with Crippen LogP contribution in [-0.2, 0) is 5.41 Å². The summed E-state index contributed by atoms with van der Waals surface area (Å²) in [5.74, 6) is 0. The Bertz CT molecular complexity index is 721. The molecular weight excluding hydrogens is 338 g/mol. The van der Waals surface area contributed by atoms with Gasteiger partial charge in [0.15, 0.2) is 0 Å². The zero-order valence-electron chi connectivity index (χ0n) is 16.8. The van der Waals surface area contributed by atoms with E-state index < -0.39 is 0 Å². The van der Waals surface area contributed by atoms with Gasteiger partial charge in [-0.1, -0.05) is 104 Å². The number of hydrogen-bond acceptors (Lipinski definition) is 1. The maximum atomic E-state index is 2.69. The Balaban J connectivity index is 1.78. The smallest absolute Gasteiger partial charge is 0.0463 e. The van der Waals surface area contributed by atoms with Crippen LogP contribution in [0.3, 0.4) is 0 Å². The summed E-state index contributed by atoms with van der Waals surface area (Å²) in [6, 6.07) is 33.3. The van der Waals surface area contributed by atoms with Crippen LogP contribution in [0.5, 0.6) is 0 Å². The van der Waals surface area contributed by atoms with Gasteiger partial charge in [0.2, 0.25) is 0 Å². The minimum absolute atomic E-state index is 0.115. The zero-order chi connectivity index (χ0) is 19.1. The SMILES string of the molecule is c1ccc(C(CCN2CCCCCC2)(c2ccccc2)c2ccccc2)cc1. The predicted molar refractivity (Wildman–Crippen MR) is 119 cm³/mol. The average molecular weight is 370 g/mol. The van der Waals surface area contributed by atoms with Gasteiger partial charge in [-0.2, -0.15) is 0 Å². The van der Waals surface area contributed by atoms with Crippen molar-refractivity contribution < 1.29 is 0 Å². The second kappa shape index (κ2) is 9.21. The molecule has 1 saturated heterocycles. The molecule has 0 amide bonds. The standard InChI is InChI=1S/C27H31N/c1-2-13-22-28(21-12-1)23-20-27(24-14-6-3-7-15-24,25-16-8-4-9-17-25)26-18-10-5-11-19-26/h3-11,14-19H,1-2,12-13,20-23H2. The molecule has 0 saturated carbocycles. The summed E-state index contributed by atoms with van der Waals surface area (Å²) in [6.07, 6.45) is 6.56. The first kappa shape index (κ1) is 19.0. The van der Waals surface area contributed by atoms with Gasteiger partial charge < -0.3 is 4.90 Å². The third-order valence-corrected chi connectivity index (χ3v) is 6.30. The maximum Gasteiger partial charge on any atom is 0.0463 e. The second-order valence-electron chi connectivity index (χ2n) is 8.01. The van der Waals surface area contributed by atoms with E-state index in [-0.39, 0.29) is 5.41 Å². The summed E-state index contributed by atoms with van der Waals surface area (Å²) in [5.41, 5.74) is 4.06. The zero-order valence-corrected chi connectivity index (χ0v) is 16.8. The molecule has 0 aliphatic carbocycles. The van der Waals surface area contributed by atoms with Crippen molar-refractivity contribution in [1.29, 1.82) is 0 Å². The van der Waals surface area contributed by atoms with Gasteiger partial charge in [0.05, 0.1) is 0 Å². The van der Waals surface area contributed by atoms with Crippen LogP contribution in [0.1, 0.15) is 48.8 Å². The maximum absolute atomic E-state index is 2.69. The molecule has 0 bridgehead atoms. The molecule has 144 valence electrons. The number of nitrogens with zero attached hydrogens (tertiary/aromatic N) is 1. The molecule has 1 heteroatoms. The fraction of sp³-hybridized carbons (Fsp3) is 0.333. The van der Waals surface area contributed by atoms with Crippen molar-refractivity contribution in [3.05, 3.63) is 108 Å². The van der Waals surface area contributed by atoms with Crippen molar-refractivity contribution in [2.75, 3.05) is 19.6 Å². The van der Waals surface area contributed by atoms with Gasteiger partial charge in [0, 0.05) is 5.41 Å². The number of hydrogen-bond donors (Lipinski definition) is 0. The van der Waals surface area contributed by atoms with E-state index in [1.54, 1.807) is 0 Å². The van der Waals surface area contributed by atoms with E-state index in [4.69, 9.17) is 0 Å². The lowest BCUT2D eigenvalue weighted by atomic mass is 9.67. The van der Waals surface area contributed by atoms with Crippen molar-refractivity contribution in [3.63, 3.8) is 0 Å². The van der Waals surface area contributed by atoms with Crippen molar-refractivity contribution in [2.45, 2.75) is 37.5 Å². The summed E-state index contributed by atoms with van der Waals surface area (Å²) in [5, 5.41) is 0. The molecule has 1 nitrogen and oxygen atoms in total. The topological polar surface area (TPSA) is 3.24 Å². The van der Waals surface area contributed by atoms with Crippen molar-refractivity contribution in [3.8, 4) is 0 Å². The molecule has 0 atom stereocenters. The molecule has 0 radical (unpaired) electrons. The minimum atomic E-state index is -0.115. The van der Waals surface area contributed by atoms with E-state index in [0.29, 0.717) is 0 Å². The average Bonchev–Trinajstić information content (AvgIpc) is 3.06. The van der Waals surface area contributed by atoms with Gasteiger partial charge in [-0.15, -0.1) is 0 Å². The molecule has 1 aliphatic rings. The van der Waals surface area contributed by atoms with Crippen LogP contribution in [0, 0.1) is 0 Å². The van der Waals surface area contributed by atoms with Crippen molar-refractivity contribution in [2.24, 2.45) is 0 Å². The van der Waals surface area contributed by atoms with Gasteiger partial charge in [0.25, 0.3) is 0 Å². The summed E-state index contributed by atoms with van der Waals surface area (Å²) in [7, 11) is 0. The predicted octanol–water partition coefficient (Wildman–Crippen LogP) is 6.29. The highest BCUT2D eigenvalue weighted by Gasteiger charge is 2.36. The molecular formula is C27H31N. The van der Waals surface area contributed by atoms with Crippen molar-refractivity contribution >= 4 is 0 Å². The Hall–Kier alpha value is -2.38. The lowest BCUT2D eigenvalue weighted by Gasteiger charge is -2.38. The lowest BCUT2D eigenvalue weighted by Crippen LogP contribution is -2.36. The van der Waals surface area contributed by atoms with Crippen LogP contribution in [0.15, 0.2) is 91.0 Å². The highest BCUT2D eigenvalue weighted by atomic mass is 15.1. The van der Waals surface area contributed by atoms with E-state index in [0.717, 1.165) is 13.0 Å². The summed E-state index contributed by atoms with van der Waals surface area (Å²) < 4.78 is 0. The molecule has 1 fully saturated rings. The van der Waals surface area contributed by atoms with Gasteiger partial charge >= 0.3 is 0 Å². The minimum Gasteiger partial charge on any atom is -0.303 e. The summed E-state index contributed by atoms with van der Waals surface area (Å²) in [4.78, 5) is 2.69. The second-order valence-corrected chi connectivity index (χ2v) is 8.01. The molecule has 0 spiro atoms. The summed E-state index contributed by atoms with van der Waals surface area (Å²) in [6.45, 7) is 3.63. The largest absolute Gasteiger partial charge is 0.303 e. The highest BCUT2D eigenvalue weighted by Crippen LogP contribution is 2.42. The Labute approximate surface area is 170 Å². The normalized spacial score (nSPS) is 15.9. The van der Waals surface area contributed by atoms with Gasteiger partial charge in [-0.25, -0.2) is 0 Å². The van der Waals surface area contributed by atoms with Crippen LogP contribution in [0.2, 0.25) is 0 Å². The van der Waals surface area contributed by atoms with Crippen LogP contribution >= 0.6 is 0 Å². The molecule has 3 aromatic rings. The highest BCUT2D eigenvalue weighted by molar-refractivity contribution is 5.50. The van der Waals surface area contributed by atoms with Crippen LogP contribution in [0.4, 0.5) is 0 Å². The van der Waals surface area contributed by atoms with Gasteiger partial charge in [0.1, 0.15) is 0 Å². The first-order chi connectivity index (χ1) is 13.9. The van der Waals surface area contributed by atoms with Crippen LogP contribution < -0.4 is 0 Å². The molecule has 28 heavy (non-hydrogen) atoms. The van der Waals surface area contributed by atoms with E-state index in [1.807, 2.05) is 0 Å². The van der Waals surface area contributed by atoms with E-state index in [2.05, 4.69) is 95.9 Å². The third-order valence-electron chi connectivity index (χ3n) is 6.30. The van der Waals surface area contributed by atoms with E-state index in [9.17, 15) is 0 Å². The number of rotatable bonds is 6. The quantitative estimate of drug-likeness (QED) is 0.462. The molecule has 4 rings (SSSR count). The fourth-order valence-electron chi connectivity index (χ4n) is 4.79. The first-order valence-electron chi connectivity index (χ1n) is 10.8. The van der Waals surface area contributed by atoms with Gasteiger partial charge in [-0.05, 0) is 55.6 Å². The summed E-state index contributed by atoms with van der Waals surface area (Å²) >= 11 is 0. The monoisotopic (exact) mass is 369 g/mol. The molecule has 0 N–H and O–H groups in total. The number of likely N-dealkylation sites (tertiary alicyclic amines) is 1. The number of benzene rings is 3. The Morgan fingerprint density at radius 2 is 0.929 bits per heavy atom. The van der Waals surface area contributed by atoms with Crippen molar-refractivity contribution in [1.82, 2.24) is 4.90 Å². The molecule has 1 aliphatic heterocycles. The Morgan fingerprint density at radius 3 is 1.32 bits per heavy atom. The Kier molecular flexibility index (Phi) is 6.24. The van der Waals surface area contributed by atoms with E-state index in [1.165, 1.54) is 55.5 Å². The molecule has 3 aromatic carbocycles. The molecule has 0 unspecified atom stereocenters. The van der Waals surface area contributed by atoms with Crippen LogP contribution in [0.25, 0.3) is 0 Å². The lowest BCUT2D eigenvalue weighted by molar-refractivity contribution is 0.265. The van der Waals surface area contributed by atoms with Crippen LogP contribution in [-0.4, -0.2) is 24.5 Å². The third kappa shape index (κ3) is 4.05. The fourth-order valence-corrected chi connectivity index (χ4v) is 4.79. The van der Waals surface area contributed by atoms with E-state index >= 15 is 0 Å². The first-order valence-corrected chi connectivity index (χ1v) is 10.8. The van der Waals surface area contributed by atoms with Gasteiger partial charge in [-0.3, -0.25) is 0 Å².